The molecule has 3 aromatic carbocycles. The van der Waals surface area contributed by atoms with Gasteiger partial charge in [0, 0.05) is 11.8 Å². The van der Waals surface area contributed by atoms with Crippen molar-refractivity contribution in [3.63, 3.8) is 0 Å². The van der Waals surface area contributed by atoms with Crippen LogP contribution < -0.4 is 15.6 Å². The van der Waals surface area contributed by atoms with E-state index >= 15 is 0 Å². The van der Waals surface area contributed by atoms with Crippen molar-refractivity contribution in [1.82, 2.24) is 14.6 Å². The number of nitrogens with one attached hydrogen (secondary N) is 2. The zero-order valence-electron chi connectivity index (χ0n) is 21.1. The molecular formula is C30H26N6O2. The number of methoxy groups -OCH3 is 1. The Morgan fingerprint density at radius 1 is 0.947 bits per heavy atom. The second-order valence-corrected chi connectivity index (χ2v) is 8.33. The number of benzene rings is 3. The monoisotopic (exact) mass is 502 g/mol. The molecule has 5 aromatic rings. The standard InChI is InChI=1S/C30H26N6O2/c1-4-32-24(19-31-2)33-28-26(21-15-17-23(38-3)18-16-21)30(37)36-29(34-28)25(20-11-7-5-8-12-20)27(35-36)22-13-9-6-10-14-22/h4-19,33,35H,2H2,1,3H3/b24-19+,32-4?. The molecule has 0 fully saturated rings. The van der Waals surface area contributed by atoms with Gasteiger partial charge in [-0.2, -0.15) is 4.52 Å². The molecule has 188 valence electrons. The highest BCUT2D eigenvalue weighted by molar-refractivity contribution is 5.92. The maximum Gasteiger partial charge on any atom is 0.282 e. The Morgan fingerprint density at radius 3 is 2.18 bits per heavy atom. The van der Waals surface area contributed by atoms with E-state index in [-0.39, 0.29) is 5.56 Å². The summed E-state index contributed by atoms with van der Waals surface area (Å²) in [4.78, 5) is 27.3. The van der Waals surface area contributed by atoms with E-state index in [1.807, 2.05) is 72.8 Å². The number of hydrogen-bond donors (Lipinski definition) is 2. The van der Waals surface area contributed by atoms with Crippen LogP contribution in [0.15, 0.2) is 112 Å². The van der Waals surface area contributed by atoms with Gasteiger partial charge in [-0.15, -0.1) is 0 Å². The van der Waals surface area contributed by atoms with Crippen molar-refractivity contribution in [2.45, 2.75) is 6.92 Å². The van der Waals surface area contributed by atoms with Gasteiger partial charge in [0.15, 0.2) is 5.65 Å². The van der Waals surface area contributed by atoms with E-state index in [4.69, 9.17) is 9.72 Å². The molecule has 0 aliphatic heterocycles. The minimum absolute atomic E-state index is 0.270. The number of H-pyrrole nitrogens is 1. The van der Waals surface area contributed by atoms with Gasteiger partial charge in [-0.1, -0.05) is 72.8 Å². The normalized spacial score (nSPS) is 11.7. The fourth-order valence-corrected chi connectivity index (χ4v) is 4.32. The summed E-state index contributed by atoms with van der Waals surface area (Å²) in [7, 11) is 1.60. The zero-order chi connectivity index (χ0) is 26.5. The van der Waals surface area contributed by atoms with E-state index in [1.165, 1.54) is 10.7 Å². The van der Waals surface area contributed by atoms with Gasteiger partial charge in [-0.05, 0) is 36.9 Å². The van der Waals surface area contributed by atoms with Crippen molar-refractivity contribution in [2.24, 2.45) is 9.98 Å². The Balaban J connectivity index is 1.86. The van der Waals surface area contributed by atoms with E-state index in [1.54, 1.807) is 32.4 Å². The summed E-state index contributed by atoms with van der Waals surface area (Å²) in [6.45, 7) is 5.33. The number of fused-ring (bicyclic) bond motifs is 1. The summed E-state index contributed by atoms with van der Waals surface area (Å²) in [5.74, 6) is 1.42. The summed E-state index contributed by atoms with van der Waals surface area (Å²) in [6, 6.07) is 27.0. The molecule has 8 heteroatoms. The molecule has 0 saturated carbocycles. The quantitative estimate of drug-likeness (QED) is 0.253. The fraction of sp³-hybridized carbons (Fsp3) is 0.0667. The Bertz CT molecular complexity index is 1700. The Kier molecular flexibility index (Phi) is 6.95. The Hall–Kier alpha value is -5.24. The average Bonchev–Trinajstić information content (AvgIpc) is 3.34. The first kappa shape index (κ1) is 24.5. The summed E-state index contributed by atoms with van der Waals surface area (Å²) >= 11 is 0. The molecule has 2 heterocycles. The Labute approximate surface area is 219 Å². The molecule has 0 saturated heterocycles. The lowest BCUT2D eigenvalue weighted by molar-refractivity contribution is 0.415. The topological polar surface area (TPSA) is 96.1 Å². The molecule has 5 rings (SSSR count). The third-order valence-electron chi connectivity index (χ3n) is 6.01. The number of nitrogens with zero attached hydrogens (tertiary/aromatic N) is 4. The van der Waals surface area contributed by atoms with Crippen molar-refractivity contribution in [2.75, 3.05) is 12.4 Å². The van der Waals surface area contributed by atoms with Crippen molar-refractivity contribution in [3.8, 4) is 39.3 Å². The summed E-state index contributed by atoms with van der Waals surface area (Å²) in [6.07, 6.45) is 3.10. The van der Waals surface area contributed by atoms with Gasteiger partial charge in [0.1, 0.15) is 17.4 Å². The van der Waals surface area contributed by atoms with Crippen molar-refractivity contribution in [3.05, 3.63) is 107 Å². The van der Waals surface area contributed by atoms with Crippen LogP contribution in [0, 0.1) is 0 Å². The van der Waals surface area contributed by atoms with Crippen molar-refractivity contribution >= 4 is 24.4 Å². The van der Waals surface area contributed by atoms with Gasteiger partial charge in [-0.3, -0.25) is 14.9 Å². The number of aliphatic imine (C=N–C) groups is 2. The van der Waals surface area contributed by atoms with Crippen molar-refractivity contribution in [1.29, 1.82) is 0 Å². The number of hydrogen-bond acceptors (Lipinski definition) is 6. The fourth-order valence-electron chi connectivity index (χ4n) is 4.32. The number of anilines is 1. The summed E-state index contributed by atoms with van der Waals surface area (Å²) < 4.78 is 6.81. The van der Waals surface area contributed by atoms with Crippen LogP contribution in [-0.2, 0) is 0 Å². The van der Waals surface area contributed by atoms with Gasteiger partial charge in [0.25, 0.3) is 5.56 Å². The summed E-state index contributed by atoms with van der Waals surface area (Å²) in [5, 5.41) is 6.52. The molecule has 2 N–H and O–H groups in total. The molecule has 0 unspecified atom stereocenters. The first-order valence-corrected chi connectivity index (χ1v) is 12.0. The van der Waals surface area contributed by atoms with Crippen molar-refractivity contribution < 1.29 is 4.74 Å². The minimum atomic E-state index is -0.270. The maximum atomic E-state index is 14.2. The van der Waals surface area contributed by atoms with Crippen LogP contribution in [-0.4, -0.2) is 34.6 Å². The molecule has 38 heavy (non-hydrogen) atoms. The lowest BCUT2D eigenvalue weighted by Gasteiger charge is -2.12. The third-order valence-corrected chi connectivity index (χ3v) is 6.01. The molecule has 0 amide bonds. The highest BCUT2D eigenvalue weighted by Gasteiger charge is 2.23. The van der Waals surface area contributed by atoms with Crippen LogP contribution in [0.2, 0.25) is 0 Å². The molecule has 0 bridgehead atoms. The molecule has 0 aliphatic rings. The van der Waals surface area contributed by atoms with Crippen LogP contribution >= 0.6 is 0 Å². The molecule has 0 spiro atoms. The van der Waals surface area contributed by atoms with E-state index in [0.717, 1.165) is 22.4 Å². The highest BCUT2D eigenvalue weighted by atomic mass is 16.5. The van der Waals surface area contributed by atoms with Gasteiger partial charge in [-0.25, -0.2) is 9.98 Å². The van der Waals surface area contributed by atoms with E-state index < -0.39 is 0 Å². The minimum Gasteiger partial charge on any atom is -0.497 e. The maximum absolute atomic E-state index is 14.2. The molecule has 2 aromatic heterocycles. The van der Waals surface area contributed by atoms with Gasteiger partial charge < -0.3 is 10.1 Å². The Morgan fingerprint density at radius 2 is 1.58 bits per heavy atom. The van der Waals surface area contributed by atoms with Gasteiger partial charge in [0.2, 0.25) is 0 Å². The number of rotatable bonds is 8. The average molecular weight is 503 g/mol. The number of aromatic nitrogens is 3. The predicted octanol–water partition coefficient (Wildman–Crippen LogP) is 6.03. The van der Waals surface area contributed by atoms with Crippen LogP contribution in [0.1, 0.15) is 6.92 Å². The smallest absolute Gasteiger partial charge is 0.282 e. The lowest BCUT2D eigenvalue weighted by atomic mass is 10.0. The molecule has 0 aliphatic carbocycles. The van der Waals surface area contributed by atoms with Crippen LogP contribution in [0.25, 0.3) is 39.2 Å². The third kappa shape index (κ3) is 4.62. The van der Waals surface area contributed by atoms with Crippen LogP contribution in [0.4, 0.5) is 5.82 Å². The number of ether oxygens (including phenoxy) is 1. The molecule has 0 radical (unpaired) electrons. The zero-order valence-corrected chi connectivity index (χ0v) is 21.1. The molecule has 0 atom stereocenters. The second-order valence-electron chi connectivity index (χ2n) is 8.33. The van der Waals surface area contributed by atoms with E-state index in [9.17, 15) is 4.79 Å². The lowest BCUT2D eigenvalue weighted by Crippen LogP contribution is -2.20. The predicted molar refractivity (Wildman–Crippen MR) is 154 cm³/mol. The van der Waals surface area contributed by atoms with Crippen LogP contribution in [0.5, 0.6) is 5.75 Å². The number of aromatic amines is 1. The largest absolute Gasteiger partial charge is 0.497 e. The molecular weight excluding hydrogens is 476 g/mol. The van der Waals surface area contributed by atoms with Gasteiger partial charge >= 0.3 is 0 Å². The SMILES string of the molecule is C=N/C=C(\N=CC)Nc1nc2c(-c3ccccc3)c(-c3ccccc3)[nH]n2c(=O)c1-c1ccc(OC)cc1. The summed E-state index contributed by atoms with van der Waals surface area (Å²) in [5.41, 5.74) is 4.70. The molecule has 8 nitrogen and oxygen atoms in total. The van der Waals surface area contributed by atoms with E-state index in [2.05, 4.69) is 27.1 Å². The second kappa shape index (κ2) is 10.8. The van der Waals surface area contributed by atoms with E-state index in [0.29, 0.717) is 34.2 Å². The highest BCUT2D eigenvalue weighted by Crippen LogP contribution is 2.36. The first-order chi connectivity index (χ1) is 18.6. The van der Waals surface area contributed by atoms with Crippen LogP contribution in [0.3, 0.4) is 0 Å². The van der Waals surface area contributed by atoms with Gasteiger partial charge in [0.05, 0.1) is 30.1 Å². The first-order valence-electron chi connectivity index (χ1n) is 12.0.